The first-order valence-corrected chi connectivity index (χ1v) is 9.07. The van der Waals surface area contributed by atoms with Crippen molar-refractivity contribution < 1.29 is 13.9 Å². The number of furan rings is 1. The van der Waals surface area contributed by atoms with Crippen LogP contribution in [0.2, 0.25) is 0 Å². The van der Waals surface area contributed by atoms with Crippen LogP contribution in [0.25, 0.3) is 0 Å². The Morgan fingerprint density at radius 3 is 2.76 bits per heavy atom. The van der Waals surface area contributed by atoms with E-state index in [0.717, 1.165) is 56.7 Å². The molecule has 1 N–H and O–H groups in total. The summed E-state index contributed by atoms with van der Waals surface area (Å²) in [6.07, 6.45) is 0. The van der Waals surface area contributed by atoms with Crippen LogP contribution in [0.1, 0.15) is 30.0 Å². The fraction of sp³-hybridized carbons (Fsp3) is 0.500. The molecule has 1 aliphatic rings. The van der Waals surface area contributed by atoms with Gasteiger partial charge in [0.05, 0.1) is 25.9 Å². The maximum Gasteiger partial charge on any atom is 0.122 e. The van der Waals surface area contributed by atoms with Gasteiger partial charge < -0.3 is 19.2 Å². The number of ether oxygens (including phenoxy) is 2. The van der Waals surface area contributed by atoms with Crippen LogP contribution in [0.15, 0.2) is 40.8 Å². The van der Waals surface area contributed by atoms with Gasteiger partial charge in [-0.15, -0.1) is 0 Å². The van der Waals surface area contributed by atoms with Gasteiger partial charge in [-0.2, -0.15) is 0 Å². The van der Waals surface area contributed by atoms with Gasteiger partial charge in [0.2, 0.25) is 0 Å². The van der Waals surface area contributed by atoms with Crippen LogP contribution in [-0.4, -0.2) is 44.4 Å². The number of benzene rings is 1. The summed E-state index contributed by atoms with van der Waals surface area (Å²) in [5.41, 5.74) is 1.22. The van der Waals surface area contributed by atoms with E-state index in [-0.39, 0.29) is 6.04 Å². The van der Waals surface area contributed by atoms with Crippen LogP contribution in [-0.2, 0) is 11.3 Å². The quantitative estimate of drug-likeness (QED) is 0.797. The number of rotatable bonds is 8. The monoisotopic (exact) mass is 344 g/mol. The normalized spacial score (nSPS) is 16.7. The lowest BCUT2D eigenvalue weighted by atomic mass is 10.1. The maximum absolute atomic E-state index is 5.91. The highest BCUT2D eigenvalue weighted by atomic mass is 16.5. The molecule has 1 fully saturated rings. The minimum absolute atomic E-state index is 0.229. The highest BCUT2D eigenvalue weighted by Crippen LogP contribution is 2.23. The summed E-state index contributed by atoms with van der Waals surface area (Å²) in [5.74, 6) is 2.90. The first kappa shape index (κ1) is 18.0. The summed E-state index contributed by atoms with van der Waals surface area (Å²) >= 11 is 0. The third-order valence-electron chi connectivity index (χ3n) is 4.45. The molecule has 3 rings (SSSR count). The van der Waals surface area contributed by atoms with Gasteiger partial charge in [0, 0.05) is 26.2 Å². The first-order valence-electron chi connectivity index (χ1n) is 9.07. The van der Waals surface area contributed by atoms with Crippen LogP contribution in [0.4, 0.5) is 0 Å². The van der Waals surface area contributed by atoms with E-state index < -0.39 is 0 Å². The number of nitrogens with one attached hydrogen (secondary N) is 1. The maximum atomic E-state index is 5.91. The molecule has 0 spiro atoms. The van der Waals surface area contributed by atoms with Gasteiger partial charge in [0.15, 0.2) is 0 Å². The lowest BCUT2D eigenvalue weighted by Gasteiger charge is -2.33. The Kier molecular flexibility index (Phi) is 6.50. The van der Waals surface area contributed by atoms with Crippen LogP contribution < -0.4 is 10.1 Å². The molecule has 1 aliphatic heterocycles. The number of hydrogen-bond acceptors (Lipinski definition) is 5. The average molecular weight is 344 g/mol. The minimum Gasteiger partial charge on any atom is -0.494 e. The molecule has 1 saturated heterocycles. The fourth-order valence-electron chi connectivity index (χ4n) is 3.20. The molecule has 5 heteroatoms. The van der Waals surface area contributed by atoms with Crippen LogP contribution in [0, 0.1) is 6.92 Å². The Morgan fingerprint density at radius 1 is 1.20 bits per heavy atom. The van der Waals surface area contributed by atoms with E-state index in [1.165, 1.54) is 5.56 Å². The molecule has 25 heavy (non-hydrogen) atoms. The summed E-state index contributed by atoms with van der Waals surface area (Å²) < 4.78 is 17.0. The van der Waals surface area contributed by atoms with Crippen LogP contribution in [0.3, 0.4) is 0 Å². The average Bonchev–Trinajstić information content (AvgIpc) is 3.06. The summed E-state index contributed by atoms with van der Waals surface area (Å²) in [7, 11) is 0. The highest BCUT2D eigenvalue weighted by molar-refractivity contribution is 5.28. The Balaban J connectivity index is 1.61. The third-order valence-corrected chi connectivity index (χ3v) is 4.45. The first-order chi connectivity index (χ1) is 12.3. The van der Waals surface area contributed by atoms with Crippen molar-refractivity contribution in [1.82, 2.24) is 10.2 Å². The number of hydrogen-bond donors (Lipinski definition) is 1. The zero-order valence-electron chi connectivity index (χ0n) is 15.2. The molecule has 1 unspecified atom stereocenters. The van der Waals surface area contributed by atoms with Gasteiger partial charge in [0.1, 0.15) is 17.3 Å². The van der Waals surface area contributed by atoms with Gasteiger partial charge in [-0.05, 0) is 43.7 Å². The van der Waals surface area contributed by atoms with Crippen molar-refractivity contribution >= 4 is 0 Å². The predicted molar refractivity (Wildman–Crippen MR) is 97.9 cm³/mol. The summed E-state index contributed by atoms with van der Waals surface area (Å²) in [6, 6.07) is 12.6. The van der Waals surface area contributed by atoms with Crippen LogP contribution in [0.5, 0.6) is 5.75 Å². The molecule has 1 atom stereocenters. The van der Waals surface area contributed by atoms with Crippen molar-refractivity contribution in [2.45, 2.75) is 26.4 Å². The Bertz CT molecular complexity index is 650. The van der Waals surface area contributed by atoms with Crippen molar-refractivity contribution in [3.63, 3.8) is 0 Å². The molecule has 0 saturated carbocycles. The molecule has 0 amide bonds. The molecule has 2 heterocycles. The fourth-order valence-corrected chi connectivity index (χ4v) is 3.20. The largest absolute Gasteiger partial charge is 0.494 e. The zero-order valence-corrected chi connectivity index (χ0v) is 15.2. The van der Waals surface area contributed by atoms with Crippen molar-refractivity contribution in [3.05, 3.63) is 53.5 Å². The van der Waals surface area contributed by atoms with Crippen molar-refractivity contribution in [2.75, 3.05) is 39.5 Å². The van der Waals surface area contributed by atoms with Crippen molar-refractivity contribution in [2.24, 2.45) is 0 Å². The van der Waals surface area contributed by atoms with Gasteiger partial charge >= 0.3 is 0 Å². The highest BCUT2D eigenvalue weighted by Gasteiger charge is 2.24. The van der Waals surface area contributed by atoms with Crippen LogP contribution >= 0.6 is 0 Å². The molecule has 0 radical (unpaired) electrons. The molecular weight excluding hydrogens is 316 g/mol. The molecule has 1 aromatic heterocycles. The molecule has 136 valence electrons. The van der Waals surface area contributed by atoms with Crippen molar-refractivity contribution in [3.8, 4) is 5.75 Å². The SMILES string of the molecule is CCOc1cccc(CNCC(c2ccc(C)o2)N2CCOCC2)c1. The van der Waals surface area contributed by atoms with E-state index >= 15 is 0 Å². The van der Waals surface area contributed by atoms with Gasteiger partial charge in [-0.1, -0.05) is 12.1 Å². The second-order valence-electron chi connectivity index (χ2n) is 6.32. The van der Waals surface area contributed by atoms with E-state index in [9.17, 15) is 0 Å². The standard InChI is InChI=1S/C20H28N2O3/c1-3-24-18-6-4-5-17(13-18)14-21-15-19(20-8-7-16(2)25-20)22-9-11-23-12-10-22/h4-8,13,19,21H,3,9-12,14-15H2,1-2H3. The van der Waals surface area contributed by atoms with Gasteiger partial charge in [-0.25, -0.2) is 0 Å². The number of aryl methyl sites for hydroxylation is 1. The topological polar surface area (TPSA) is 46.9 Å². The number of morpholine rings is 1. The summed E-state index contributed by atoms with van der Waals surface area (Å²) in [5, 5.41) is 3.58. The van der Waals surface area contributed by atoms with E-state index in [0.29, 0.717) is 6.61 Å². The molecule has 5 nitrogen and oxygen atoms in total. The lowest BCUT2D eigenvalue weighted by Crippen LogP contribution is -2.42. The zero-order chi connectivity index (χ0) is 17.5. The molecule has 2 aromatic rings. The minimum atomic E-state index is 0.229. The molecular formula is C20H28N2O3. The molecule has 1 aromatic carbocycles. The Morgan fingerprint density at radius 2 is 2.04 bits per heavy atom. The van der Waals surface area contributed by atoms with E-state index in [4.69, 9.17) is 13.9 Å². The van der Waals surface area contributed by atoms with Gasteiger partial charge in [0.25, 0.3) is 0 Å². The van der Waals surface area contributed by atoms with Crippen molar-refractivity contribution in [1.29, 1.82) is 0 Å². The smallest absolute Gasteiger partial charge is 0.122 e. The van der Waals surface area contributed by atoms with E-state index in [1.54, 1.807) is 0 Å². The van der Waals surface area contributed by atoms with Gasteiger partial charge in [-0.3, -0.25) is 4.90 Å². The second-order valence-corrected chi connectivity index (χ2v) is 6.32. The Labute approximate surface area is 149 Å². The predicted octanol–water partition coefficient (Wildman–Crippen LogP) is 3.15. The molecule has 0 aliphatic carbocycles. The third kappa shape index (κ3) is 5.08. The second kappa shape index (κ2) is 9.04. The van der Waals surface area contributed by atoms with E-state index in [1.807, 2.05) is 32.0 Å². The molecule has 0 bridgehead atoms. The Hall–Kier alpha value is -1.82. The number of nitrogens with zero attached hydrogens (tertiary/aromatic N) is 1. The summed E-state index contributed by atoms with van der Waals surface area (Å²) in [6.45, 7) is 9.77. The van der Waals surface area contributed by atoms with E-state index in [2.05, 4.69) is 28.4 Å². The summed E-state index contributed by atoms with van der Waals surface area (Å²) in [4.78, 5) is 2.44. The lowest BCUT2D eigenvalue weighted by molar-refractivity contribution is 0.0115.